The molecule has 2 heteroatoms. The van der Waals surface area contributed by atoms with Crippen molar-refractivity contribution >= 4 is 6.21 Å². The van der Waals surface area contributed by atoms with Gasteiger partial charge in [0.15, 0.2) is 6.21 Å². The lowest BCUT2D eigenvalue weighted by Crippen LogP contribution is -2.22. The van der Waals surface area contributed by atoms with Gasteiger partial charge in [-0.15, -0.1) is 0 Å². The summed E-state index contributed by atoms with van der Waals surface area (Å²) in [6.07, 6.45) is 2.19. The van der Waals surface area contributed by atoms with Gasteiger partial charge < -0.3 is 4.74 Å². The lowest BCUT2D eigenvalue weighted by molar-refractivity contribution is -0.496. The van der Waals surface area contributed by atoms with E-state index in [1.54, 1.807) is 7.11 Å². The van der Waals surface area contributed by atoms with Crippen molar-refractivity contribution in [2.75, 3.05) is 20.7 Å². The molecule has 0 radical (unpaired) electrons. The molecule has 0 N–H and O–H groups in total. The third-order valence-corrected chi connectivity index (χ3v) is 2.75. The van der Waals surface area contributed by atoms with Gasteiger partial charge in [0.05, 0.1) is 7.11 Å². The summed E-state index contributed by atoms with van der Waals surface area (Å²) < 4.78 is 7.46. The Kier molecular flexibility index (Phi) is 2.28. The molecule has 0 saturated heterocycles. The molecule has 2 nitrogen and oxygen atoms in total. The maximum Gasteiger partial charge on any atom is 0.170 e. The van der Waals surface area contributed by atoms with Gasteiger partial charge in [0, 0.05) is 11.5 Å². The fraction of sp³-hybridized carbons (Fsp3) is 0.417. The van der Waals surface area contributed by atoms with E-state index in [0.717, 1.165) is 12.3 Å². The van der Waals surface area contributed by atoms with Crippen molar-refractivity contribution in [1.29, 1.82) is 0 Å². The first-order chi connectivity index (χ1) is 6.70. The molecule has 0 spiro atoms. The van der Waals surface area contributed by atoms with Gasteiger partial charge in [-0.25, -0.2) is 4.58 Å². The quantitative estimate of drug-likeness (QED) is 0.616. The van der Waals surface area contributed by atoms with E-state index in [1.165, 1.54) is 11.1 Å². The third kappa shape index (κ3) is 1.52. The standard InChI is InChI=1S/C12H16NO/c1-9-7-13(2)8-10-4-5-11(14-3)6-12(9)10/h4-6,8-9H,7H2,1-3H3/q+1. The van der Waals surface area contributed by atoms with E-state index in [0.29, 0.717) is 5.92 Å². The minimum Gasteiger partial charge on any atom is -0.497 e. The van der Waals surface area contributed by atoms with Crippen LogP contribution in [0.3, 0.4) is 0 Å². The van der Waals surface area contributed by atoms with Crippen LogP contribution < -0.4 is 4.74 Å². The second-order valence-corrected chi connectivity index (χ2v) is 3.96. The van der Waals surface area contributed by atoms with Gasteiger partial charge in [-0.2, -0.15) is 0 Å². The van der Waals surface area contributed by atoms with E-state index in [1.807, 2.05) is 6.07 Å². The molecular weight excluding hydrogens is 174 g/mol. The van der Waals surface area contributed by atoms with Crippen molar-refractivity contribution in [2.45, 2.75) is 12.8 Å². The Morgan fingerprint density at radius 2 is 2.21 bits per heavy atom. The molecule has 1 aliphatic rings. The second kappa shape index (κ2) is 3.45. The highest BCUT2D eigenvalue weighted by atomic mass is 16.5. The summed E-state index contributed by atoms with van der Waals surface area (Å²) in [5.74, 6) is 1.53. The van der Waals surface area contributed by atoms with Crippen LogP contribution in [0.5, 0.6) is 5.75 Å². The lowest BCUT2D eigenvalue weighted by atomic mass is 9.93. The third-order valence-electron chi connectivity index (χ3n) is 2.75. The number of ether oxygens (including phenoxy) is 1. The van der Waals surface area contributed by atoms with Gasteiger partial charge in [-0.3, -0.25) is 0 Å². The average molecular weight is 190 g/mol. The van der Waals surface area contributed by atoms with Crippen LogP contribution in [0.15, 0.2) is 18.2 Å². The molecule has 0 fully saturated rings. The van der Waals surface area contributed by atoms with Crippen molar-refractivity contribution in [3.05, 3.63) is 29.3 Å². The Morgan fingerprint density at radius 3 is 2.93 bits per heavy atom. The van der Waals surface area contributed by atoms with Gasteiger partial charge in [-0.05, 0) is 23.8 Å². The van der Waals surface area contributed by atoms with Crippen molar-refractivity contribution in [2.24, 2.45) is 0 Å². The molecule has 0 bridgehead atoms. The highest BCUT2D eigenvalue weighted by Crippen LogP contribution is 2.26. The zero-order valence-electron chi connectivity index (χ0n) is 8.95. The molecule has 14 heavy (non-hydrogen) atoms. The Morgan fingerprint density at radius 1 is 1.43 bits per heavy atom. The van der Waals surface area contributed by atoms with Gasteiger partial charge in [0.25, 0.3) is 0 Å². The summed E-state index contributed by atoms with van der Waals surface area (Å²) in [5.41, 5.74) is 2.70. The van der Waals surface area contributed by atoms with Crippen LogP contribution in [0.2, 0.25) is 0 Å². The molecular formula is C12H16NO+. The van der Waals surface area contributed by atoms with E-state index in [-0.39, 0.29) is 0 Å². The Balaban J connectivity index is 2.49. The van der Waals surface area contributed by atoms with Crippen LogP contribution in [0.4, 0.5) is 0 Å². The van der Waals surface area contributed by atoms with Crippen LogP contribution in [-0.2, 0) is 0 Å². The highest BCUT2D eigenvalue weighted by molar-refractivity contribution is 5.79. The Bertz CT molecular complexity index is 382. The highest BCUT2D eigenvalue weighted by Gasteiger charge is 2.20. The summed E-state index contributed by atoms with van der Waals surface area (Å²) in [7, 11) is 3.83. The van der Waals surface area contributed by atoms with Gasteiger partial charge in [0.1, 0.15) is 19.3 Å². The number of likely N-dealkylation sites (N-methyl/N-ethyl adjacent to an activating group) is 1. The first-order valence-corrected chi connectivity index (χ1v) is 4.93. The normalized spacial score (nSPS) is 19.9. The largest absolute Gasteiger partial charge is 0.497 e. The minimum absolute atomic E-state index is 0.579. The van der Waals surface area contributed by atoms with Gasteiger partial charge in [0.2, 0.25) is 0 Å². The number of hydrogen-bond donors (Lipinski definition) is 0. The van der Waals surface area contributed by atoms with Crippen molar-refractivity contribution < 1.29 is 9.31 Å². The zero-order valence-corrected chi connectivity index (χ0v) is 8.95. The van der Waals surface area contributed by atoms with Crippen LogP contribution in [-0.4, -0.2) is 31.5 Å². The SMILES string of the molecule is COc1ccc2c(c1)C(C)C[N+](C)=C2. The number of methoxy groups -OCH3 is 1. The molecule has 74 valence electrons. The number of rotatable bonds is 1. The van der Waals surface area contributed by atoms with E-state index in [9.17, 15) is 0 Å². The minimum atomic E-state index is 0.579. The molecule has 1 aromatic rings. The molecule has 1 aliphatic heterocycles. The first kappa shape index (κ1) is 9.25. The van der Waals surface area contributed by atoms with Gasteiger partial charge in [-0.1, -0.05) is 6.92 Å². The van der Waals surface area contributed by atoms with Crippen molar-refractivity contribution in [3.8, 4) is 5.75 Å². The van der Waals surface area contributed by atoms with Gasteiger partial charge >= 0.3 is 0 Å². The molecule has 0 amide bonds. The van der Waals surface area contributed by atoms with Crippen LogP contribution in [0, 0.1) is 0 Å². The summed E-state index contributed by atoms with van der Waals surface area (Å²) in [6, 6.07) is 6.28. The van der Waals surface area contributed by atoms with Crippen molar-refractivity contribution in [1.82, 2.24) is 0 Å². The van der Waals surface area contributed by atoms with Crippen LogP contribution in [0.25, 0.3) is 0 Å². The Hall–Kier alpha value is -1.31. The second-order valence-electron chi connectivity index (χ2n) is 3.96. The molecule has 1 aromatic carbocycles. The van der Waals surface area contributed by atoms with E-state index in [2.05, 4.69) is 36.9 Å². The molecule has 1 unspecified atom stereocenters. The average Bonchev–Trinajstić information content (AvgIpc) is 2.17. The smallest absolute Gasteiger partial charge is 0.170 e. The zero-order chi connectivity index (χ0) is 10.1. The number of benzene rings is 1. The fourth-order valence-electron chi connectivity index (χ4n) is 2.04. The Labute approximate surface area is 84.8 Å². The number of hydrogen-bond acceptors (Lipinski definition) is 1. The first-order valence-electron chi connectivity index (χ1n) is 4.93. The predicted octanol–water partition coefficient (Wildman–Crippen LogP) is 1.87. The van der Waals surface area contributed by atoms with E-state index >= 15 is 0 Å². The molecule has 2 rings (SSSR count). The summed E-state index contributed by atoms with van der Waals surface area (Å²) >= 11 is 0. The predicted molar refractivity (Wildman–Crippen MR) is 57.6 cm³/mol. The maximum atomic E-state index is 5.23. The fourth-order valence-corrected chi connectivity index (χ4v) is 2.04. The molecule has 1 heterocycles. The van der Waals surface area contributed by atoms with Crippen LogP contribution >= 0.6 is 0 Å². The summed E-state index contributed by atoms with van der Waals surface area (Å²) in [6.45, 7) is 3.34. The molecule has 0 aromatic heterocycles. The van der Waals surface area contributed by atoms with E-state index in [4.69, 9.17) is 4.74 Å². The van der Waals surface area contributed by atoms with Crippen LogP contribution in [0.1, 0.15) is 24.0 Å². The lowest BCUT2D eigenvalue weighted by Gasteiger charge is -2.17. The van der Waals surface area contributed by atoms with E-state index < -0.39 is 0 Å². The molecule has 0 aliphatic carbocycles. The molecule has 0 saturated carbocycles. The number of fused-ring (bicyclic) bond motifs is 1. The summed E-state index contributed by atoms with van der Waals surface area (Å²) in [5, 5.41) is 0. The molecule has 1 atom stereocenters. The van der Waals surface area contributed by atoms with Crippen molar-refractivity contribution in [3.63, 3.8) is 0 Å². The topological polar surface area (TPSA) is 12.2 Å². The number of nitrogens with zero attached hydrogens (tertiary/aromatic N) is 1. The summed E-state index contributed by atoms with van der Waals surface area (Å²) in [4.78, 5) is 0. The monoisotopic (exact) mass is 190 g/mol. The maximum absolute atomic E-state index is 5.23.